The molecule has 0 atom stereocenters. The van der Waals surface area contributed by atoms with Gasteiger partial charge < -0.3 is 15.6 Å². The van der Waals surface area contributed by atoms with Gasteiger partial charge in [-0.1, -0.05) is 42.0 Å². The summed E-state index contributed by atoms with van der Waals surface area (Å²) in [5, 5.41) is 0. The fourth-order valence-electron chi connectivity index (χ4n) is 3.54. The molecule has 0 bridgehead atoms. The lowest BCUT2D eigenvalue weighted by Crippen LogP contribution is -2.37. The molecule has 0 unspecified atom stereocenters. The first-order valence-corrected chi connectivity index (χ1v) is 9.31. The van der Waals surface area contributed by atoms with Crippen molar-refractivity contribution in [2.24, 2.45) is 5.73 Å². The minimum absolute atomic E-state index is 0.123. The molecule has 2 aromatic carbocycles. The van der Waals surface area contributed by atoms with E-state index < -0.39 is 5.91 Å². The van der Waals surface area contributed by atoms with Gasteiger partial charge >= 0.3 is 0 Å². The number of nitrogens with two attached hydrogens (primary N) is 1. The maximum atomic E-state index is 12.7. The Kier molecular flexibility index (Phi) is 4.69. The number of aryl methyl sites for hydroxylation is 1. The molecule has 4 rings (SSSR count). The van der Waals surface area contributed by atoms with Crippen molar-refractivity contribution in [1.29, 1.82) is 0 Å². The second kappa shape index (κ2) is 7.31. The zero-order valence-electron chi connectivity index (χ0n) is 15.7. The lowest BCUT2D eigenvalue weighted by Gasteiger charge is -2.26. The zero-order chi connectivity index (χ0) is 19.7. The highest BCUT2D eigenvalue weighted by Crippen LogP contribution is 2.23. The molecule has 1 aliphatic rings. The van der Waals surface area contributed by atoms with Gasteiger partial charge in [0, 0.05) is 24.1 Å². The third kappa shape index (κ3) is 3.67. The van der Waals surface area contributed by atoms with Crippen molar-refractivity contribution in [3.05, 3.63) is 76.6 Å². The number of benzene rings is 2. The van der Waals surface area contributed by atoms with E-state index in [1.807, 2.05) is 42.2 Å². The lowest BCUT2D eigenvalue weighted by molar-refractivity contribution is -0.131. The zero-order valence-corrected chi connectivity index (χ0v) is 15.7. The summed E-state index contributed by atoms with van der Waals surface area (Å²) in [5.74, 6) is 0.417. The summed E-state index contributed by atoms with van der Waals surface area (Å²) in [4.78, 5) is 33.8. The number of fused-ring (bicyclic) bond motifs is 1. The molecule has 0 saturated carbocycles. The first-order chi connectivity index (χ1) is 13.5. The molecule has 2 heterocycles. The van der Waals surface area contributed by atoms with Crippen molar-refractivity contribution >= 4 is 11.8 Å². The van der Waals surface area contributed by atoms with E-state index in [-0.39, 0.29) is 5.91 Å². The number of amides is 2. The fourth-order valence-corrected chi connectivity index (χ4v) is 3.54. The number of H-pyrrole nitrogens is 1. The Balaban J connectivity index is 1.48. The Morgan fingerprint density at radius 2 is 1.96 bits per heavy atom. The van der Waals surface area contributed by atoms with Gasteiger partial charge in [-0.3, -0.25) is 9.59 Å². The topological polar surface area (TPSA) is 92.1 Å². The number of primary amides is 1. The molecule has 142 valence electrons. The average Bonchev–Trinajstić information content (AvgIpc) is 3.11. The number of hydrogen-bond acceptors (Lipinski definition) is 3. The molecule has 1 aliphatic heterocycles. The van der Waals surface area contributed by atoms with E-state index in [1.165, 1.54) is 0 Å². The van der Waals surface area contributed by atoms with Gasteiger partial charge in [-0.15, -0.1) is 0 Å². The molecule has 2 amide bonds. The van der Waals surface area contributed by atoms with Crippen molar-refractivity contribution in [3.63, 3.8) is 0 Å². The van der Waals surface area contributed by atoms with Crippen LogP contribution in [-0.2, 0) is 24.2 Å². The number of nitrogens with zero attached hydrogens (tertiary/aromatic N) is 2. The van der Waals surface area contributed by atoms with E-state index in [2.05, 4.69) is 16.0 Å². The molecule has 0 aliphatic carbocycles. The van der Waals surface area contributed by atoms with Crippen molar-refractivity contribution in [2.75, 3.05) is 6.54 Å². The minimum atomic E-state index is -0.451. The second-order valence-electron chi connectivity index (χ2n) is 7.18. The van der Waals surface area contributed by atoms with Gasteiger partial charge in [0.25, 0.3) is 0 Å². The maximum absolute atomic E-state index is 12.7. The van der Waals surface area contributed by atoms with Crippen molar-refractivity contribution in [2.45, 2.75) is 26.3 Å². The predicted octanol–water partition coefficient (Wildman–Crippen LogP) is 2.61. The molecule has 0 spiro atoms. The summed E-state index contributed by atoms with van der Waals surface area (Å²) in [6.45, 7) is 3.23. The predicted molar refractivity (Wildman–Crippen MR) is 107 cm³/mol. The number of carbonyl (C=O) groups is 2. The third-order valence-electron chi connectivity index (χ3n) is 5.07. The van der Waals surface area contributed by atoms with E-state index in [4.69, 9.17) is 5.73 Å². The van der Waals surface area contributed by atoms with Gasteiger partial charge in [0.05, 0.1) is 24.4 Å². The van der Waals surface area contributed by atoms with Gasteiger partial charge in [0.1, 0.15) is 5.82 Å². The number of aromatic amines is 1. The molecule has 3 aromatic rings. The first kappa shape index (κ1) is 18.0. The van der Waals surface area contributed by atoms with Gasteiger partial charge in [0.15, 0.2) is 0 Å². The summed E-state index contributed by atoms with van der Waals surface area (Å²) in [5.41, 5.74) is 10.8. The second-order valence-corrected chi connectivity index (χ2v) is 7.18. The van der Waals surface area contributed by atoms with Crippen LogP contribution in [0, 0.1) is 6.92 Å². The van der Waals surface area contributed by atoms with E-state index in [0.29, 0.717) is 25.1 Å². The SMILES string of the molecule is Cc1cccc(CC(=O)N2CCc3nc(-c4ccc(C(N)=O)cc4)[nH]c3C2)c1. The molecule has 0 saturated heterocycles. The van der Waals surface area contributed by atoms with E-state index in [9.17, 15) is 9.59 Å². The van der Waals surface area contributed by atoms with Crippen LogP contribution >= 0.6 is 0 Å². The van der Waals surface area contributed by atoms with E-state index >= 15 is 0 Å². The van der Waals surface area contributed by atoms with Crippen LogP contribution < -0.4 is 5.73 Å². The quantitative estimate of drug-likeness (QED) is 0.735. The van der Waals surface area contributed by atoms with E-state index in [1.54, 1.807) is 12.1 Å². The van der Waals surface area contributed by atoms with Crippen LogP contribution in [0.1, 0.15) is 32.9 Å². The van der Waals surface area contributed by atoms with Crippen LogP contribution in [0.15, 0.2) is 48.5 Å². The normalized spacial score (nSPS) is 13.2. The molecule has 0 fully saturated rings. The summed E-state index contributed by atoms with van der Waals surface area (Å²) in [7, 11) is 0. The molecule has 3 N–H and O–H groups in total. The van der Waals surface area contributed by atoms with Gasteiger partial charge in [-0.05, 0) is 24.6 Å². The third-order valence-corrected chi connectivity index (χ3v) is 5.07. The van der Waals surface area contributed by atoms with Gasteiger partial charge in [-0.25, -0.2) is 4.98 Å². The summed E-state index contributed by atoms with van der Waals surface area (Å²) >= 11 is 0. The van der Waals surface area contributed by atoms with Crippen molar-refractivity contribution < 1.29 is 9.59 Å². The number of imidazole rings is 1. The highest BCUT2D eigenvalue weighted by molar-refractivity contribution is 5.93. The highest BCUT2D eigenvalue weighted by atomic mass is 16.2. The van der Waals surface area contributed by atoms with Crippen LogP contribution in [0.25, 0.3) is 11.4 Å². The molecular formula is C22H22N4O2. The van der Waals surface area contributed by atoms with E-state index in [0.717, 1.165) is 40.3 Å². The largest absolute Gasteiger partial charge is 0.366 e. The fraction of sp³-hybridized carbons (Fsp3) is 0.227. The van der Waals surface area contributed by atoms with Crippen LogP contribution in [0.2, 0.25) is 0 Å². The monoisotopic (exact) mass is 374 g/mol. The number of carbonyl (C=O) groups excluding carboxylic acids is 2. The number of hydrogen-bond donors (Lipinski definition) is 2. The number of aromatic nitrogens is 2. The smallest absolute Gasteiger partial charge is 0.248 e. The number of nitrogens with one attached hydrogen (secondary N) is 1. The molecular weight excluding hydrogens is 352 g/mol. The number of rotatable bonds is 4. The summed E-state index contributed by atoms with van der Waals surface area (Å²) in [6, 6.07) is 15.1. The highest BCUT2D eigenvalue weighted by Gasteiger charge is 2.24. The molecule has 0 radical (unpaired) electrons. The summed E-state index contributed by atoms with van der Waals surface area (Å²) < 4.78 is 0. The van der Waals surface area contributed by atoms with Gasteiger partial charge in [0.2, 0.25) is 11.8 Å². The first-order valence-electron chi connectivity index (χ1n) is 9.31. The molecule has 6 heteroatoms. The maximum Gasteiger partial charge on any atom is 0.248 e. The van der Waals surface area contributed by atoms with Gasteiger partial charge in [-0.2, -0.15) is 0 Å². The van der Waals surface area contributed by atoms with Crippen LogP contribution in [0.4, 0.5) is 0 Å². The molecule has 28 heavy (non-hydrogen) atoms. The Hall–Kier alpha value is -3.41. The Morgan fingerprint density at radius 1 is 1.18 bits per heavy atom. The average molecular weight is 374 g/mol. The standard InChI is InChI=1S/C22H22N4O2/c1-14-3-2-4-15(11-14)12-20(27)26-10-9-18-19(13-26)25-22(24-18)17-7-5-16(6-8-17)21(23)28/h2-8,11H,9-10,12-13H2,1H3,(H2,23,28)(H,24,25). The Morgan fingerprint density at radius 3 is 2.68 bits per heavy atom. The molecule has 6 nitrogen and oxygen atoms in total. The van der Waals surface area contributed by atoms with Crippen molar-refractivity contribution in [1.82, 2.24) is 14.9 Å². The van der Waals surface area contributed by atoms with Crippen LogP contribution in [-0.4, -0.2) is 33.2 Å². The summed E-state index contributed by atoms with van der Waals surface area (Å²) in [6.07, 6.45) is 1.14. The Labute approximate surface area is 163 Å². The molecule has 1 aromatic heterocycles. The lowest BCUT2D eigenvalue weighted by atomic mass is 10.1. The Bertz CT molecular complexity index is 1040. The van der Waals surface area contributed by atoms with Crippen LogP contribution in [0.5, 0.6) is 0 Å². The van der Waals surface area contributed by atoms with Crippen LogP contribution in [0.3, 0.4) is 0 Å². The minimum Gasteiger partial charge on any atom is -0.366 e. The van der Waals surface area contributed by atoms with Crippen molar-refractivity contribution in [3.8, 4) is 11.4 Å².